The lowest BCUT2D eigenvalue weighted by molar-refractivity contribution is -0.121. The number of benzene rings is 2. The fourth-order valence-electron chi connectivity index (χ4n) is 3.18. The fourth-order valence-corrected chi connectivity index (χ4v) is 3.18. The summed E-state index contributed by atoms with van der Waals surface area (Å²) in [6.45, 7) is 4.44. The van der Waals surface area contributed by atoms with Crippen molar-refractivity contribution in [2.45, 2.75) is 25.9 Å². The van der Waals surface area contributed by atoms with E-state index >= 15 is 0 Å². The molecule has 0 saturated carbocycles. The van der Waals surface area contributed by atoms with E-state index in [9.17, 15) is 9.59 Å². The number of ether oxygens (including phenoxy) is 1. The first-order valence-corrected chi connectivity index (χ1v) is 8.47. The molecular weight excluding hydrogens is 332 g/mol. The van der Waals surface area contributed by atoms with E-state index in [1.54, 1.807) is 36.4 Å². The smallest absolute Gasteiger partial charge is 0.263 e. The van der Waals surface area contributed by atoms with Gasteiger partial charge in [0, 0.05) is 0 Å². The van der Waals surface area contributed by atoms with Gasteiger partial charge in [-0.2, -0.15) is 5.11 Å². The van der Waals surface area contributed by atoms with E-state index in [0.29, 0.717) is 18.0 Å². The van der Waals surface area contributed by atoms with Gasteiger partial charge in [0.2, 0.25) is 0 Å². The number of hydrogen-bond acceptors (Lipinski definition) is 6. The third-order valence-corrected chi connectivity index (χ3v) is 4.49. The van der Waals surface area contributed by atoms with Crippen molar-refractivity contribution in [2.24, 2.45) is 10.3 Å². The Morgan fingerprint density at radius 2 is 1.62 bits per heavy atom. The van der Waals surface area contributed by atoms with Crippen molar-refractivity contribution in [3.05, 3.63) is 54.1 Å². The highest BCUT2D eigenvalue weighted by atomic mass is 16.5. The third-order valence-electron chi connectivity index (χ3n) is 4.49. The van der Waals surface area contributed by atoms with E-state index in [-0.39, 0.29) is 11.8 Å². The normalized spacial score (nSPS) is 21.5. The Bertz CT molecular complexity index is 877. The van der Waals surface area contributed by atoms with Crippen LogP contribution < -0.4 is 14.6 Å². The summed E-state index contributed by atoms with van der Waals surface area (Å²) in [6.07, 6.45) is 0. The molecule has 0 bridgehead atoms. The number of hydrogen-bond donors (Lipinski definition) is 0. The standard InChI is InChI=1S/C19H18N4O3/c1-3-26-15-10-8-14(9-11-15)23-17-16(20-21-23)18(24)22(19(17)25)13-6-4-12(2)5-7-13/h4-11,16-17H,3H2,1-2H3. The zero-order valence-corrected chi connectivity index (χ0v) is 14.5. The molecule has 0 N–H and O–H groups in total. The first-order valence-electron chi connectivity index (χ1n) is 8.47. The highest BCUT2D eigenvalue weighted by molar-refractivity contribution is 6.26. The molecule has 2 aromatic rings. The second-order valence-corrected chi connectivity index (χ2v) is 6.21. The van der Waals surface area contributed by atoms with Gasteiger partial charge < -0.3 is 4.74 Å². The Kier molecular flexibility index (Phi) is 3.91. The first-order chi connectivity index (χ1) is 12.6. The van der Waals surface area contributed by atoms with Crippen molar-refractivity contribution in [1.29, 1.82) is 0 Å². The molecule has 0 aromatic heterocycles. The van der Waals surface area contributed by atoms with E-state index < -0.39 is 12.1 Å². The molecule has 1 fully saturated rings. The lowest BCUT2D eigenvalue weighted by Crippen LogP contribution is -2.39. The number of amides is 2. The molecule has 2 unspecified atom stereocenters. The van der Waals surface area contributed by atoms with Crippen LogP contribution in [0.25, 0.3) is 0 Å². The summed E-state index contributed by atoms with van der Waals surface area (Å²) >= 11 is 0. The summed E-state index contributed by atoms with van der Waals surface area (Å²) in [7, 11) is 0. The van der Waals surface area contributed by atoms with E-state index in [1.165, 1.54) is 9.91 Å². The van der Waals surface area contributed by atoms with E-state index in [2.05, 4.69) is 10.3 Å². The Hall–Kier alpha value is -3.22. The van der Waals surface area contributed by atoms with Crippen molar-refractivity contribution < 1.29 is 14.3 Å². The Morgan fingerprint density at radius 1 is 0.962 bits per heavy atom. The predicted octanol–water partition coefficient (Wildman–Crippen LogP) is 2.89. The SMILES string of the molecule is CCOc1ccc(N2N=NC3C(=O)N(c4ccc(C)cc4)C(=O)C32)cc1. The van der Waals surface area contributed by atoms with Crippen LogP contribution in [-0.4, -0.2) is 30.5 Å². The number of carbonyl (C=O) groups excluding carboxylic acids is 2. The van der Waals surface area contributed by atoms with Crippen LogP contribution >= 0.6 is 0 Å². The maximum atomic E-state index is 13.0. The number of imide groups is 1. The number of rotatable bonds is 4. The average Bonchev–Trinajstić information content (AvgIpc) is 3.18. The maximum absolute atomic E-state index is 13.0. The van der Waals surface area contributed by atoms with Gasteiger partial charge in [-0.05, 0) is 50.2 Å². The van der Waals surface area contributed by atoms with Crippen molar-refractivity contribution in [1.82, 2.24) is 0 Å². The minimum absolute atomic E-state index is 0.317. The van der Waals surface area contributed by atoms with Crippen LogP contribution in [0.15, 0.2) is 58.9 Å². The van der Waals surface area contributed by atoms with Gasteiger partial charge in [0.15, 0.2) is 12.1 Å². The molecule has 2 aliphatic heterocycles. The van der Waals surface area contributed by atoms with Gasteiger partial charge in [0.25, 0.3) is 11.8 Å². The average molecular weight is 350 g/mol. The predicted molar refractivity (Wildman–Crippen MR) is 96.2 cm³/mol. The molecule has 2 aliphatic rings. The summed E-state index contributed by atoms with van der Waals surface area (Å²) in [4.78, 5) is 26.9. The van der Waals surface area contributed by atoms with Gasteiger partial charge in [-0.15, -0.1) is 0 Å². The Morgan fingerprint density at radius 3 is 2.27 bits per heavy atom. The van der Waals surface area contributed by atoms with Gasteiger partial charge in [-0.1, -0.05) is 22.9 Å². The van der Waals surface area contributed by atoms with Crippen molar-refractivity contribution >= 4 is 23.2 Å². The summed E-state index contributed by atoms with van der Waals surface area (Å²) in [5.41, 5.74) is 2.31. The second-order valence-electron chi connectivity index (χ2n) is 6.21. The summed E-state index contributed by atoms with van der Waals surface area (Å²) in [5.74, 6) is 0.0721. The largest absolute Gasteiger partial charge is 0.494 e. The number of carbonyl (C=O) groups is 2. The highest BCUT2D eigenvalue weighted by Crippen LogP contribution is 2.35. The lowest BCUT2D eigenvalue weighted by atomic mass is 10.1. The Labute approximate surface area is 150 Å². The van der Waals surface area contributed by atoms with Crippen molar-refractivity contribution in [3.8, 4) is 5.75 Å². The number of nitrogens with zero attached hydrogens (tertiary/aromatic N) is 4. The molecule has 2 atom stereocenters. The van der Waals surface area contributed by atoms with Crippen LogP contribution in [0.4, 0.5) is 11.4 Å². The first kappa shape index (κ1) is 16.3. The lowest BCUT2D eigenvalue weighted by Gasteiger charge is -2.20. The molecule has 2 heterocycles. The molecule has 7 heteroatoms. The highest BCUT2D eigenvalue weighted by Gasteiger charge is 2.55. The molecule has 0 radical (unpaired) electrons. The number of anilines is 2. The van der Waals surface area contributed by atoms with E-state index in [1.807, 2.05) is 26.0 Å². The van der Waals surface area contributed by atoms with E-state index in [0.717, 1.165) is 11.3 Å². The Balaban J connectivity index is 1.62. The molecule has 2 amide bonds. The van der Waals surface area contributed by atoms with Gasteiger partial charge in [-0.25, -0.2) is 9.91 Å². The van der Waals surface area contributed by atoms with Gasteiger partial charge >= 0.3 is 0 Å². The molecule has 0 aliphatic carbocycles. The molecule has 132 valence electrons. The van der Waals surface area contributed by atoms with Crippen LogP contribution in [0.3, 0.4) is 0 Å². The monoisotopic (exact) mass is 350 g/mol. The van der Waals surface area contributed by atoms with Crippen LogP contribution in [0.5, 0.6) is 5.75 Å². The quantitative estimate of drug-likeness (QED) is 0.795. The zero-order valence-electron chi connectivity index (χ0n) is 14.5. The van der Waals surface area contributed by atoms with Crippen LogP contribution in [-0.2, 0) is 9.59 Å². The molecule has 26 heavy (non-hydrogen) atoms. The molecular formula is C19H18N4O3. The third kappa shape index (κ3) is 2.52. The fraction of sp³-hybridized carbons (Fsp3) is 0.263. The molecule has 4 rings (SSSR count). The summed E-state index contributed by atoms with van der Waals surface area (Å²) < 4.78 is 5.43. The van der Waals surface area contributed by atoms with Gasteiger partial charge in [0.1, 0.15) is 5.75 Å². The van der Waals surface area contributed by atoms with Crippen LogP contribution in [0.1, 0.15) is 12.5 Å². The van der Waals surface area contributed by atoms with Gasteiger partial charge in [0.05, 0.1) is 18.0 Å². The minimum Gasteiger partial charge on any atom is -0.494 e. The molecule has 1 saturated heterocycles. The minimum atomic E-state index is -0.810. The number of aryl methyl sites for hydroxylation is 1. The van der Waals surface area contributed by atoms with Crippen molar-refractivity contribution in [2.75, 3.05) is 16.5 Å². The topological polar surface area (TPSA) is 74.6 Å². The van der Waals surface area contributed by atoms with Crippen molar-refractivity contribution in [3.63, 3.8) is 0 Å². The zero-order chi connectivity index (χ0) is 18.3. The maximum Gasteiger partial charge on any atom is 0.263 e. The number of fused-ring (bicyclic) bond motifs is 1. The van der Waals surface area contributed by atoms with Crippen LogP contribution in [0, 0.1) is 6.92 Å². The second kappa shape index (κ2) is 6.25. The molecule has 7 nitrogen and oxygen atoms in total. The van der Waals surface area contributed by atoms with Gasteiger partial charge in [-0.3, -0.25) is 9.59 Å². The van der Waals surface area contributed by atoms with E-state index in [4.69, 9.17) is 4.74 Å². The molecule has 0 spiro atoms. The molecule has 2 aromatic carbocycles. The summed E-state index contributed by atoms with van der Waals surface area (Å²) in [6, 6.07) is 12.9. The summed E-state index contributed by atoms with van der Waals surface area (Å²) in [5, 5.41) is 9.61. The van der Waals surface area contributed by atoms with Crippen LogP contribution in [0.2, 0.25) is 0 Å².